The van der Waals surface area contributed by atoms with Gasteiger partial charge in [0.2, 0.25) is 0 Å². The molecule has 1 aliphatic heterocycles. The topological polar surface area (TPSA) is 75.3 Å². The van der Waals surface area contributed by atoms with Gasteiger partial charge in [0.1, 0.15) is 5.82 Å². The van der Waals surface area contributed by atoms with E-state index in [1.165, 1.54) is 11.1 Å². The number of carbonyl (C=O) groups excluding carboxylic acids is 1. The second-order valence-corrected chi connectivity index (χ2v) is 8.02. The second kappa shape index (κ2) is 8.32. The Hall–Kier alpha value is -3.12. The summed E-state index contributed by atoms with van der Waals surface area (Å²) < 4.78 is 5.33. The number of pyridine rings is 1. The predicted molar refractivity (Wildman–Crippen MR) is 119 cm³/mol. The van der Waals surface area contributed by atoms with Crippen molar-refractivity contribution in [1.29, 1.82) is 0 Å². The number of hydrogen-bond acceptors (Lipinski definition) is 4. The van der Waals surface area contributed by atoms with Crippen LogP contribution < -0.4 is 16.0 Å². The average Bonchev–Trinajstić information content (AvgIpc) is 3.17. The Morgan fingerprint density at radius 3 is 2.77 bits per heavy atom. The van der Waals surface area contributed by atoms with E-state index in [0.717, 1.165) is 48.1 Å². The summed E-state index contributed by atoms with van der Waals surface area (Å²) >= 11 is 0. The third-order valence-electron chi connectivity index (χ3n) is 5.96. The molecule has 0 spiro atoms. The zero-order valence-electron chi connectivity index (χ0n) is 16.9. The van der Waals surface area contributed by atoms with Gasteiger partial charge in [-0.05, 0) is 67.1 Å². The SMILES string of the molecule is O=C(Nc1ccc2nc(NC3CCc4ccccc43)ccc2c1)NC1CCOCC1. The van der Waals surface area contributed by atoms with E-state index < -0.39 is 0 Å². The molecule has 6 heteroatoms. The molecule has 2 amide bonds. The maximum Gasteiger partial charge on any atom is 0.319 e. The quantitative estimate of drug-likeness (QED) is 0.595. The maximum absolute atomic E-state index is 12.3. The van der Waals surface area contributed by atoms with Crippen LogP contribution in [0.15, 0.2) is 54.6 Å². The van der Waals surface area contributed by atoms with E-state index in [9.17, 15) is 4.79 Å². The minimum atomic E-state index is -0.174. The molecule has 2 aromatic carbocycles. The minimum Gasteiger partial charge on any atom is -0.381 e. The van der Waals surface area contributed by atoms with Crippen LogP contribution in [0.2, 0.25) is 0 Å². The van der Waals surface area contributed by atoms with Crippen molar-refractivity contribution in [3.63, 3.8) is 0 Å². The van der Waals surface area contributed by atoms with Crippen molar-refractivity contribution < 1.29 is 9.53 Å². The Kier molecular flexibility index (Phi) is 5.24. The highest BCUT2D eigenvalue weighted by Crippen LogP contribution is 2.33. The van der Waals surface area contributed by atoms with E-state index in [1.807, 2.05) is 30.3 Å². The summed E-state index contributed by atoms with van der Waals surface area (Å²) in [6, 6.07) is 18.8. The number of amides is 2. The molecular formula is C24H26N4O2. The normalized spacial score (nSPS) is 18.7. The van der Waals surface area contributed by atoms with Crippen molar-refractivity contribution in [1.82, 2.24) is 10.3 Å². The van der Waals surface area contributed by atoms with Gasteiger partial charge in [0.05, 0.1) is 11.6 Å². The Balaban J connectivity index is 1.25. The number of carbonyl (C=O) groups is 1. The van der Waals surface area contributed by atoms with Crippen molar-refractivity contribution >= 4 is 28.4 Å². The van der Waals surface area contributed by atoms with Gasteiger partial charge < -0.3 is 20.7 Å². The van der Waals surface area contributed by atoms with Crippen LogP contribution in [0, 0.1) is 0 Å². The van der Waals surface area contributed by atoms with E-state index in [1.54, 1.807) is 0 Å². The second-order valence-electron chi connectivity index (χ2n) is 8.02. The van der Waals surface area contributed by atoms with Gasteiger partial charge in [0.15, 0.2) is 0 Å². The number of hydrogen-bond donors (Lipinski definition) is 3. The van der Waals surface area contributed by atoms with Crippen molar-refractivity contribution in [2.45, 2.75) is 37.8 Å². The van der Waals surface area contributed by atoms with Crippen LogP contribution in [0.25, 0.3) is 10.9 Å². The van der Waals surface area contributed by atoms with Gasteiger partial charge in [-0.15, -0.1) is 0 Å². The van der Waals surface area contributed by atoms with Gasteiger partial charge in [-0.2, -0.15) is 0 Å². The molecule has 2 heterocycles. The summed E-state index contributed by atoms with van der Waals surface area (Å²) in [7, 11) is 0. The molecule has 1 fully saturated rings. The van der Waals surface area contributed by atoms with Gasteiger partial charge in [-0.25, -0.2) is 9.78 Å². The standard InChI is InChI=1S/C24H26N4O2/c29-24(25-18-11-13-30-14-12-18)26-19-7-9-21-17(15-19)6-10-23(27-21)28-22-8-5-16-3-1-2-4-20(16)22/h1-4,6-7,9-10,15,18,22H,5,8,11-14H2,(H,27,28)(H2,25,26,29). The van der Waals surface area contributed by atoms with Gasteiger partial charge in [0, 0.05) is 30.3 Å². The van der Waals surface area contributed by atoms with Crippen LogP contribution in [0.3, 0.4) is 0 Å². The number of ether oxygens (including phenoxy) is 1. The van der Waals surface area contributed by atoms with Crippen LogP contribution >= 0.6 is 0 Å². The fourth-order valence-corrected chi connectivity index (χ4v) is 4.36. The average molecular weight is 402 g/mol. The lowest BCUT2D eigenvalue weighted by Crippen LogP contribution is -2.41. The number of anilines is 2. The van der Waals surface area contributed by atoms with Crippen molar-refractivity contribution in [2.24, 2.45) is 0 Å². The van der Waals surface area contributed by atoms with Crippen LogP contribution in [0.1, 0.15) is 36.4 Å². The lowest BCUT2D eigenvalue weighted by atomic mass is 10.1. The number of fused-ring (bicyclic) bond motifs is 2. The van der Waals surface area contributed by atoms with Gasteiger partial charge in [0.25, 0.3) is 0 Å². The molecule has 1 aromatic heterocycles. The molecule has 3 N–H and O–H groups in total. The molecular weight excluding hydrogens is 376 g/mol. The minimum absolute atomic E-state index is 0.174. The smallest absolute Gasteiger partial charge is 0.319 e. The van der Waals surface area contributed by atoms with E-state index in [4.69, 9.17) is 9.72 Å². The summed E-state index contributed by atoms with van der Waals surface area (Å²) in [5, 5.41) is 10.5. The monoisotopic (exact) mass is 402 g/mol. The predicted octanol–water partition coefficient (Wildman–Crippen LogP) is 4.63. The first-order valence-corrected chi connectivity index (χ1v) is 10.6. The molecule has 5 rings (SSSR count). The van der Waals surface area contributed by atoms with Crippen LogP contribution in [0.5, 0.6) is 0 Å². The lowest BCUT2D eigenvalue weighted by Gasteiger charge is -2.23. The summed E-state index contributed by atoms with van der Waals surface area (Å²) in [5.74, 6) is 0.877. The summed E-state index contributed by atoms with van der Waals surface area (Å²) in [6.07, 6.45) is 3.91. The molecule has 0 bridgehead atoms. The molecule has 1 saturated heterocycles. The number of rotatable bonds is 4. The maximum atomic E-state index is 12.3. The molecule has 30 heavy (non-hydrogen) atoms. The Bertz CT molecular complexity index is 1060. The zero-order chi connectivity index (χ0) is 20.3. The lowest BCUT2D eigenvalue weighted by molar-refractivity contribution is 0.0806. The van der Waals surface area contributed by atoms with E-state index in [2.05, 4.69) is 40.2 Å². The van der Waals surface area contributed by atoms with Crippen LogP contribution in [-0.4, -0.2) is 30.3 Å². The highest BCUT2D eigenvalue weighted by Gasteiger charge is 2.22. The third kappa shape index (κ3) is 4.09. The fourth-order valence-electron chi connectivity index (χ4n) is 4.36. The molecule has 1 aliphatic carbocycles. The van der Waals surface area contributed by atoms with Gasteiger partial charge >= 0.3 is 6.03 Å². The number of urea groups is 1. The highest BCUT2D eigenvalue weighted by atomic mass is 16.5. The molecule has 3 aromatic rings. The molecule has 0 radical (unpaired) electrons. The Labute approximate surface area is 176 Å². The summed E-state index contributed by atoms with van der Waals surface area (Å²) in [6.45, 7) is 1.41. The number of nitrogens with zero attached hydrogens (tertiary/aromatic N) is 1. The fraction of sp³-hybridized carbons (Fsp3) is 0.333. The molecule has 0 saturated carbocycles. The largest absolute Gasteiger partial charge is 0.381 e. The molecule has 1 unspecified atom stereocenters. The summed E-state index contributed by atoms with van der Waals surface area (Å²) in [5.41, 5.74) is 4.46. The zero-order valence-corrected chi connectivity index (χ0v) is 16.9. The third-order valence-corrected chi connectivity index (χ3v) is 5.96. The molecule has 6 nitrogen and oxygen atoms in total. The first-order chi connectivity index (χ1) is 14.7. The van der Waals surface area contributed by atoms with E-state index >= 15 is 0 Å². The van der Waals surface area contributed by atoms with E-state index in [-0.39, 0.29) is 12.1 Å². The first-order valence-electron chi connectivity index (χ1n) is 10.6. The van der Waals surface area contributed by atoms with Gasteiger partial charge in [-0.1, -0.05) is 24.3 Å². The van der Waals surface area contributed by atoms with Gasteiger partial charge in [-0.3, -0.25) is 0 Å². The van der Waals surface area contributed by atoms with Crippen molar-refractivity contribution in [3.8, 4) is 0 Å². The number of aryl methyl sites for hydroxylation is 1. The number of benzene rings is 2. The first kappa shape index (κ1) is 18.9. The molecule has 154 valence electrons. The van der Waals surface area contributed by atoms with Crippen molar-refractivity contribution in [3.05, 3.63) is 65.7 Å². The van der Waals surface area contributed by atoms with Crippen LogP contribution in [-0.2, 0) is 11.2 Å². The number of nitrogens with one attached hydrogen (secondary N) is 3. The Morgan fingerprint density at radius 1 is 1.00 bits per heavy atom. The molecule has 2 aliphatic rings. The van der Waals surface area contributed by atoms with Crippen molar-refractivity contribution in [2.75, 3.05) is 23.8 Å². The van der Waals surface area contributed by atoms with Crippen LogP contribution in [0.4, 0.5) is 16.3 Å². The van der Waals surface area contributed by atoms with E-state index in [0.29, 0.717) is 19.3 Å². The summed E-state index contributed by atoms with van der Waals surface area (Å²) in [4.78, 5) is 17.0. The molecule has 1 atom stereocenters. The number of aromatic nitrogens is 1. The highest BCUT2D eigenvalue weighted by molar-refractivity contribution is 5.93. The Morgan fingerprint density at radius 2 is 1.87 bits per heavy atom.